The third-order valence-corrected chi connectivity index (χ3v) is 5.36. The highest BCUT2D eigenvalue weighted by Gasteiger charge is 2.39. The summed E-state index contributed by atoms with van der Waals surface area (Å²) in [5, 5.41) is 3.25. The quantitative estimate of drug-likeness (QED) is 0.809. The second-order valence-corrected chi connectivity index (χ2v) is 7.05. The molecule has 2 saturated carbocycles. The molecular weight excluding hydrogens is 340 g/mol. The van der Waals surface area contributed by atoms with Gasteiger partial charge in [0.1, 0.15) is 11.5 Å². The number of benzene rings is 1. The first-order valence-corrected chi connectivity index (χ1v) is 8.97. The van der Waals surface area contributed by atoms with Crippen molar-refractivity contribution < 1.29 is 14.3 Å². The standard InChI is InChI=1S/C19H28N2O3.ClH/c1-23-16-5-7-17(8-6-16)24-10-9-18(22)21-19-13-3-2-4-14(19)12-15(20)11-13;/h5-8,13-15,19H,2-4,9-12,20H2,1H3,(H,21,22);1H. The fourth-order valence-electron chi connectivity index (χ4n) is 4.22. The topological polar surface area (TPSA) is 73.6 Å². The summed E-state index contributed by atoms with van der Waals surface area (Å²) in [4.78, 5) is 12.3. The van der Waals surface area contributed by atoms with Crippen LogP contribution in [0.2, 0.25) is 0 Å². The molecule has 2 bridgehead atoms. The third-order valence-electron chi connectivity index (χ3n) is 5.36. The SMILES string of the molecule is COc1ccc(OCCC(=O)NC2C3CCCC2CC(N)C3)cc1.Cl. The molecule has 5 nitrogen and oxygen atoms in total. The van der Waals surface area contributed by atoms with Crippen molar-refractivity contribution in [3.63, 3.8) is 0 Å². The van der Waals surface area contributed by atoms with Crippen LogP contribution in [0.4, 0.5) is 0 Å². The molecule has 2 unspecified atom stereocenters. The average Bonchev–Trinajstić information content (AvgIpc) is 2.56. The number of hydrogen-bond donors (Lipinski definition) is 2. The van der Waals surface area contributed by atoms with Crippen molar-refractivity contribution in [2.75, 3.05) is 13.7 Å². The predicted octanol–water partition coefficient (Wildman–Crippen LogP) is 2.91. The van der Waals surface area contributed by atoms with Crippen LogP contribution in [0, 0.1) is 11.8 Å². The van der Waals surface area contributed by atoms with Crippen LogP contribution in [0.15, 0.2) is 24.3 Å². The first kappa shape index (κ1) is 19.9. The molecule has 6 heteroatoms. The van der Waals surface area contributed by atoms with Gasteiger partial charge in [0, 0.05) is 12.1 Å². The van der Waals surface area contributed by atoms with Crippen LogP contribution in [-0.2, 0) is 4.79 Å². The number of methoxy groups -OCH3 is 1. The van der Waals surface area contributed by atoms with Crippen LogP contribution >= 0.6 is 12.4 Å². The minimum Gasteiger partial charge on any atom is -0.497 e. The van der Waals surface area contributed by atoms with Crippen molar-refractivity contribution >= 4 is 18.3 Å². The van der Waals surface area contributed by atoms with E-state index in [-0.39, 0.29) is 18.3 Å². The second-order valence-electron chi connectivity index (χ2n) is 7.05. The molecular formula is C19H29ClN2O3. The van der Waals surface area contributed by atoms with E-state index in [0.29, 0.717) is 36.9 Å². The van der Waals surface area contributed by atoms with E-state index < -0.39 is 0 Å². The van der Waals surface area contributed by atoms with Gasteiger partial charge in [-0.2, -0.15) is 0 Å². The molecule has 1 aromatic carbocycles. The minimum absolute atomic E-state index is 0. The van der Waals surface area contributed by atoms with Gasteiger partial charge in [0.15, 0.2) is 0 Å². The number of carbonyl (C=O) groups is 1. The molecule has 140 valence electrons. The molecule has 25 heavy (non-hydrogen) atoms. The summed E-state index contributed by atoms with van der Waals surface area (Å²) in [6.45, 7) is 0.389. The molecule has 0 heterocycles. The number of nitrogens with one attached hydrogen (secondary N) is 1. The zero-order valence-corrected chi connectivity index (χ0v) is 15.6. The molecule has 3 N–H and O–H groups in total. The van der Waals surface area contributed by atoms with Gasteiger partial charge in [-0.05, 0) is 61.8 Å². The van der Waals surface area contributed by atoms with Gasteiger partial charge >= 0.3 is 0 Å². The van der Waals surface area contributed by atoms with E-state index in [1.807, 2.05) is 24.3 Å². The van der Waals surface area contributed by atoms with Crippen molar-refractivity contribution in [3.8, 4) is 11.5 Å². The van der Waals surface area contributed by atoms with E-state index >= 15 is 0 Å². The number of halogens is 1. The molecule has 2 fully saturated rings. The summed E-state index contributed by atoms with van der Waals surface area (Å²) in [6, 6.07) is 8.02. The van der Waals surface area contributed by atoms with Gasteiger partial charge in [-0.1, -0.05) is 6.42 Å². The molecule has 3 rings (SSSR count). The highest BCUT2D eigenvalue weighted by atomic mass is 35.5. The average molecular weight is 369 g/mol. The summed E-state index contributed by atoms with van der Waals surface area (Å²) in [6.07, 6.45) is 6.13. The first-order valence-electron chi connectivity index (χ1n) is 8.97. The van der Waals surface area contributed by atoms with Crippen LogP contribution in [-0.4, -0.2) is 31.7 Å². The van der Waals surface area contributed by atoms with E-state index in [9.17, 15) is 4.79 Å². The van der Waals surface area contributed by atoms with Gasteiger partial charge < -0.3 is 20.5 Å². The molecule has 0 aromatic heterocycles. The first-order chi connectivity index (χ1) is 11.7. The molecule has 2 aliphatic rings. The van der Waals surface area contributed by atoms with Gasteiger partial charge in [-0.25, -0.2) is 0 Å². The molecule has 2 atom stereocenters. The van der Waals surface area contributed by atoms with Crippen molar-refractivity contribution in [1.82, 2.24) is 5.32 Å². The van der Waals surface area contributed by atoms with E-state index in [2.05, 4.69) is 5.32 Å². The number of hydrogen-bond acceptors (Lipinski definition) is 4. The maximum Gasteiger partial charge on any atom is 0.223 e. The third kappa shape index (κ3) is 5.25. The van der Waals surface area contributed by atoms with Gasteiger partial charge in [0.25, 0.3) is 0 Å². The molecule has 0 radical (unpaired) electrons. The Morgan fingerprint density at radius 3 is 2.36 bits per heavy atom. The summed E-state index contributed by atoms with van der Waals surface area (Å²) < 4.78 is 10.8. The van der Waals surface area contributed by atoms with Crippen LogP contribution in [0.1, 0.15) is 38.5 Å². The van der Waals surface area contributed by atoms with Gasteiger partial charge in [-0.3, -0.25) is 4.79 Å². The van der Waals surface area contributed by atoms with Crippen molar-refractivity contribution in [1.29, 1.82) is 0 Å². The van der Waals surface area contributed by atoms with Crippen molar-refractivity contribution in [3.05, 3.63) is 24.3 Å². The number of ether oxygens (including phenoxy) is 2. The zero-order valence-electron chi connectivity index (χ0n) is 14.8. The van der Waals surface area contributed by atoms with E-state index in [1.165, 1.54) is 19.3 Å². The largest absolute Gasteiger partial charge is 0.497 e. The lowest BCUT2D eigenvalue weighted by Crippen LogP contribution is -2.53. The monoisotopic (exact) mass is 368 g/mol. The molecule has 0 saturated heterocycles. The maximum atomic E-state index is 12.3. The zero-order chi connectivity index (χ0) is 16.9. The van der Waals surface area contributed by atoms with Crippen LogP contribution < -0.4 is 20.5 Å². The van der Waals surface area contributed by atoms with E-state index in [1.54, 1.807) is 7.11 Å². The summed E-state index contributed by atoms with van der Waals surface area (Å²) in [5.74, 6) is 2.74. The Bertz CT molecular complexity index is 538. The van der Waals surface area contributed by atoms with Crippen LogP contribution in [0.3, 0.4) is 0 Å². The highest BCUT2D eigenvalue weighted by molar-refractivity contribution is 5.85. The molecule has 1 amide bonds. The number of carbonyl (C=O) groups excluding carboxylic acids is 1. The lowest BCUT2D eigenvalue weighted by Gasteiger charge is -2.45. The Morgan fingerprint density at radius 1 is 1.16 bits per heavy atom. The fourth-order valence-corrected chi connectivity index (χ4v) is 4.22. The summed E-state index contributed by atoms with van der Waals surface area (Å²) in [5.41, 5.74) is 6.14. The Labute approximate surface area is 156 Å². The Kier molecular flexibility index (Phi) is 7.38. The number of rotatable bonds is 6. The molecule has 0 aliphatic heterocycles. The fraction of sp³-hybridized carbons (Fsp3) is 0.632. The van der Waals surface area contributed by atoms with Crippen molar-refractivity contribution in [2.45, 2.75) is 50.6 Å². The predicted molar refractivity (Wildman–Crippen MR) is 100 cm³/mol. The van der Waals surface area contributed by atoms with E-state index in [0.717, 1.165) is 24.3 Å². The Hall–Kier alpha value is -1.46. The minimum atomic E-state index is 0. The van der Waals surface area contributed by atoms with Gasteiger partial charge in [0.2, 0.25) is 5.91 Å². The lowest BCUT2D eigenvalue weighted by atomic mass is 9.67. The smallest absolute Gasteiger partial charge is 0.223 e. The van der Waals surface area contributed by atoms with E-state index in [4.69, 9.17) is 15.2 Å². The number of fused-ring (bicyclic) bond motifs is 2. The van der Waals surface area contributed by atoms with Crippen molar-refractivity contribution in [2.24, 2.45) is 17.6 Å². The summed E-state index contributed by atoms with van der Waals surface area (Å²) >= 11 is 0. The van der Waals surface area contributed by atoms with Gasteiger partial charge in [0.05, 0.1) is 20.1 Å². The molecule has 2 aliphatic carbocycles. The number of amides is 1. The summed E-state index contributed by atoms with van der Waals surface area (Å²) in [7, 11) is 1.63. The second kappa shape index (κ2) is 9.30. The Morgan fingerprint density at radius 2 is 1.76 bits per heavy atom. The molecule has 1 aromatic rings. The highest BCUT2D eigenvalue weighted by Crippen LogP contribution is 2.39. The normalized spacial score (nSPS) is 27.8. The molecule has 0 spiro atoms. The lowest BCUT2D eigenvalue weighted by molar-refractivity contribution is -0.123. The van der Waals surface area contributed by atoms with Crippen LogP contribution in [0.25, 0.3) is 0 Å². The maximum absolute atomic E-state index is 12.3. The van der Waals surface area contributed by atoms with Crippen LogP contribution in [0.5, 0.6) is 11.5 Å². The number of nitrogens with two attached hydrogens (primary N) is 1. The van der Waals surface area contributed by atoms with Gasteiger partial charge in [-0.15, -0.1) is 12.4 Å². The Balaban J connectivity index is 0.00000225.